The Morgan fingerprint density at radius 1 is 2.00 bits per heavy atom. The SMILES string of the molecule is CC[Se][Mg+]. The van der Waals surface area contributed by atoms with Crippen molar-refractivity contribution in [3.63, 3.8) is 0 Å². The fourth-order valence-corrected chi connectivity index (χ4v) is 0. The molecular formula is C2H5MgSe+. The van der Waals surface area contributed by atoms with Crippen molar-refractivity contribution >= 4 is 31.4 Å². The van der Waals surface area contributed by atoms with E-state index in [0.29, 0.717) is 0 Å². The molecule has 0 spiro atoms. The molecule has 20 valence electrons. The molecule has 0 aliphatic carbocycles. The Kier molecular flexibility index (Phi) is 5.66. The van der Waals surface area contributed by atoms with Crippen molar-refractivity contribution in [1.29, 1.82) is 0 Å². The van der Waals surface area contributed by atoms with E-state index in [4.69, 9.17) is 0 Å². The molecule has 0 rings (SSSR count). The minimum atomic E-state index is 0.944. The van der Waals surface area contributed by atoms with Gasteiger partial charge >= 0.3 is 43.7 Å². The van der Waals surface area contributed by atoms with Gasteiger partial charge in [0.2, 0.25) is 0 Å². The molecule has 0 heterocycles. The molecule has 0 unspecified atom stereocenters. The van der Waals surface area contributed by atoms with Crippen molar-refractivity contribution < 1.29 is 0 Å². The molecule has 0 aromatic carbocycles. The first kappa shape index (κ1) is 5.29. The summed E-state index contributed by atoms with van der Waals surface area (Å²) in [6, 6.07) is 0. The molecule has 0 atom stereocenters. The summed E-state index contributed by atoms with van der Waals surface area (Å²) in [7, 11) is 0. The Morgan fingerprint density at radius 3 is 2.25 bits per heavy atom. The standard InChI is InChI=1S/C2H6Se.Mg/c1-2-3;/h3H,2H2,1H3;/q;+2/p-1. The summed E-state index contributed by atoms with van der Waals surface area (Å²) in [4.78, 5) is 0. The van der Waals surface area contributed by atoms with E-state index in [1.165, 1.54) is 5.32 Å². The van der Waals surface area contributed by atoms with E-state index in [-0.39, 0.29) is 0 Å². The van der Waals surface area contributed by atoms with Gasteiger partial charge in [0.15, 0.2) is 0 Å². The average Bonchev–Trinajstić information content (AvgIpc) is 1.37. The predicted octanol–water partition coefficient (Wildman–Crippen LogP) is 0.212. The van der Waals surface area contributed by atoms with Gasteiger partial charge in [0.25, 0.3) is 0 Å². The van der Waals surface area contributed by atoms with E-state index < -0.39 is 0 Å². The van der Waals surface area contributed by atoms with Gasteiger partial charge in [-0.25, -0.2) is 0 Å². The Hall–Kier alpha value is 1.29. The molecule has 0 radical (unpaired) electrons. The summed E-state index contributed by atoms with van der Waals surface area (Å²) < 4.78 is 0. The van der Waals surface area contributed by atoms with Crippen molar-refractivity contribution in [2.24, 2.45) is 0 Å². The van der Waals surface area contributed by atoms with Gasteiger partial charge < -0.3 is 0 Å². The van der Waals surface area contributed by atoms with Crippen LogP contribution >= 0.6 is 0 Å². The van der Waals surface area contributed by atoms with Crippen LogP contribution in [0.25, 0.3) is 0 Å². The molecule has 0 saturated heterocycles. The van der Waals surface area contributed by atoms with Crippen LogP contribution in [-0.4, -0.2) is 31.4 Å². The molecule has 0 saturated carbocycles. The van der Waals surface area contributed by atoms with Gasteiger partial charge in [0.1, 0.15) is 0 Å². The molecule has 0 fully saturated rings. The second-order valence-corrected chi connectivity index (χ2v) is 4.68. The quantitative estimate of drug-likeness (QED) is 0.448. The molecule has 0 N–H and O–H groups in total. The normalized spacial score (nSPS) is 7.75. The Balaban J connectivity index is 1.97. The average molecular weight is 132 g/mol. The van der Waals surface area contributed by atoms with Crippen LogP contribution < -0.4 is 0 Å². The van der Waals surface area contributed by atoms with Gasteiger partial charge in [0, 0.05) is 0 Å². The molecule has 0 aromatic heterocycles. The first-order valence-electron chi connectivity index (χ1n) is 1.28. The Morgan fingerprint density at radius 2 is 2.25 bits per heavy atom. The van der Waals surface area contributed by atoms with Gasteiger partial charge in [-0.05, 0) is 0 Å². The van der Waals surface area contributed by atoms with Crippen LogP contribution in [0.3, 0.4) is 0 Å². The summed E-state index contributed by atoms with van der Waals surface area (Å²) in [5.74, 6) is 0. The van der Waals surface area contributed by atoms with E-state index >= 15 is 0 Å². The Labute approximate surface area is 43.7 Å². The van der Waals surface area contributed by atoms with E-state index in [1.54, 1.807) is 0 Å². The maximum atomic E-state index is 2.22. The monoisotopic (exact) mass is 133 g/mol. The number of hydrogen-bond acceptors (Lipinski definition) is 0. The van der Waals surface area contributed by atoms with Crippen LogP contribution in [0.5, 0.6) is 0 Å². The van der Waals surface area contributed by atoms with Gasteiger partial charge in [0.05, 0.1) is 0 Å². The number of hydrogen-bond donors (Lipinski definition) is 0. The third kappa shape index (κ3) is 3.29. The summed E-state index contributed by atoms with van der Waals surface area (Å²) in [5, 5.41) is 1.39. The van der Waals surface area contributed by atoms with Crippen LogP contribution in [0.1, 0.15) is 6.92 Å². The maximum absolute atomic E-state index is 2.22. The molecule has 0 aliphatic rings. The molecular weight excluding hydrogens is 127 g/mol. The van der Waals surface area contributed by atoms with Gasteiger partial charge in [-0.3, -0.25) is 0 Å². The summed E-state index contributed by atoms with van der Waals surface area (Å²) >= 11 is 3.03. The van der Waals surface area contributed by atoms with Crippen LogP contribution in [0.15, 0.2) is 0 Å². The molecule has 0 bridgehead atoms. The van der Waals surface area contributed by atoms with E-state index in [1.807, 2.05) is 0 Å². The van der Waals surface area contributed by atoms with Crippen molar-refractivity contribution in [2.75, 3.05) is 0 Å². The van der Waals surface area contributed by atoms with Gasteiger partial charge in [-0.2, -0.15) is 0 Å². The fraction of sp³-hybridized carbons (Fsp3) is 1.00. The fourth-order valence-electron chi connectivity index (χ4n) is 0. The molecule has 0 amide bonds. The van der Waals surface area contributed by atoms with Crippen molar-refractivity contribution in [1.82, 2.24) is 0 Å². The molecule has 0 aliphatic heterocycles. The van der Waals surface area contributed by atoms with Crippen LogP contribution in [0.2, 0.25) is 5.32 Å². The first-order valence-corrected chi connectivity index (χ1v) is 6.71. The van der Waals surface area contributed by atoms with E-state index in [9.17, 15) is 0 Å². The van der Waals surface area contributed by atoms with Crippen LogP contribution in [0, 0.1) is 0 Å². The van der Waals surface area contributed by atoms with E-state index in [2.05, 4.69) is 26.4 Å². The van der Waals surface area contributed by atoms with Crippen molar-refractivity contribution in [3.8, 4) is 0 Å². The third-order valence-corrected chi connectivity index (χ3v) is 3.18. The second kappa shape index (κ2) is 4.29. The zero-order chi connectivity index (χ0) is 3.41. The molecule has 0 aromatic rings. The Bertz CT molecular complexity index is 8.00. The summed E-state index contributed by atoms with van der Waals surface area (Å²) in [6.45, 7) is 2.22. The zero-order valence-corrected chi connectivity index (χ0v) is 5.95. The second-order valence-electron chi connectivity index (χ2n) is 0.493. The molecule has 2 heteroatoms. The zero-order valence-electron chi connectivity index (χ0n) is 2.82. The summed E-state index contributed by atoms with van der Waals surface area (Å²) in [6.07, 6.45) is 0. The first-order chi connectivity index (χ1) is 1.91. The van der Waals surface area contributed by atoms with E-state index in [0.717, 1.165) is 11.9 Å². The predicted molar refractivity (Wildman–Crippen MR) is 22.0 cm³/mol. The van der Waals surface area contributed by atoms with Gasteiger partial charge in [-0.1, -0.05) is 0 Å². The minimum absolute atomic E-state index is 0.944. The summed E-state index contributed by atoms with van der Waals surface area (Å²) in [5.41, 5.74) is 0. The van der Waals surface area contributed by atoms with Crippen LogP contribution in [0.4, 0.5) is 0 Å². The molecule has 0 nitrogen and oxygen atoms in total. The number of rotatable bonds is 1. The van der Waals surface area contributed by atoms with Crippen LogP contribution in [-0.2, 0) is 0 Å². The van der Waals surface area contributed by atoms with Gasteiger partial charge in [-0.15, -0.1) is 0 Å². The topological polar surface area (TPSA) is 0 Å². The van der Waals surface area contributed by atoms with Crippen molar-refractivity contribution in [3.05, 3.63) is 0 Å². The molecule has 4 heavy (non-hydrogen) atoms. The third-order valence-electron chi connectivity index (χ3n) is 0.204. The van der Waals surface area contributed by atoms with Crippen molar-refractivity contribution in [2.45, 2.75) is 12.2 Å².